The van der Waals surface area contributed by atoms with E-state index in [0.29, 0.717) is 28.7 Å². The van der Waals surface area contributed by atoms with E-state index in [9.17, 15) is 2.74 Å². The molecule has 0 spiro atoms. The van der Waals surface area contributed by atoms with Gasteiger partial charge in [0.2, 0.25) is 0 Å². The molecule has 0 aliphatic carbocycles. The van der Waals surface area contributed by atoms with Crippen LogP contribution in [0.2, 0.25) is 0 Å². The van der Waals surface area contributed by atoms with Crippen LogP contribution in [0.15, 0.2) is 170 Å². The van der Waals surface area contributed by atoms with Crippen LogP contribution in [0.4, 0.5) is 0 Å². The molecule has 0 atom stereocenters. The number of hydrogen-bond donors (Lipinski definition) is 0. The molecule has 3 heterocycles. The van der Waals surface area contributed by atoms with Gasteiger partial charge in [-0.15, -0.1) is 0 Å². The van der Waals surface area contributed by atoms with Crippen molar-refractivity contribution >= 4 is 32.8 Å². The Morgan fingerprint density at radius 1 is 0.642 bits per heavy atom. The average Bonchev–Trinajstić information content (AvgIpc) is 3.92. The van der Waals surface area contributed by atoms with Gasteiger partial charge >= 0.3 is 0 Å². The fourth-order valence-electron chi connectivity index (χ4n) is 9.58. The number of hydrogen-bond acceptors (Lipinski definition) is 2. The summed E-state index contributed by atoms with van der Waals surface area (Å²) in [6.07, 6.45) is 7.78. The lowest BCUT2D eigenvalue weighted by atomic mass is 9.78. The third-order valence-electron chi connectivity index (χ3n) is 13.3. The van der Waals surface area contributed by atoms with E-state index in [1.165, 1.54) is 5.56 Å². The van der Waals surface area contributed by atoms with Gasteiger partial charge in [-0.2, -0.15) is 0 Å². The van der Waals surface area contributed by atoms with E-state index >= 15 is 0 Å². The lowest BCUT2D eigenvalue weighted by molar-refractivity contribution is -0.571. The van der Waals surface area contributed by atoms with E-state index in [2.05, 4.69) is 158 Å². The third kappa shape index (κ3) is 8.11. The standard InChI is InChI=1S/C62H60N4O/c1-10-42(11-2)44-32-33-63-58(36-44)66-55-28-16-15-25-53(55)54-31-30-50(39-57(54)66)67-49-24-18-23-48(38-49)64-40-65(59-41(3)20-17-29-56(59)64)60-51(43-21-13-12-14-22-43)26-19-27-52(60)45-34-46(61(4,5)6)37-47(35-45)62(7,8)9/h12-39,42H,10-11H2,1-9H3/i12D,13D,14D,21D,22D. The molecule has 10 aromatic rings. The second-order valence-corrected chi connectivity index (χ2v) is 19.8. The van der Waals surface area contributed by atoms with Gasteiger partial charge in [0.05, 0.1) is 40.3 Å². The molecule has 0 amide bonds. The van der Waals surface area contributed by atoms with Crippen LogP contribution in [0.25, 0.3) is 72.3 Å². The first-order chi connectivity index (χ1) is 34.4. The van der Waals surface area contributed by atoms with Gasteiger partial charge < -0.3 is 4.74 Å². The summed E-state index contributed by atoms with van der Waals surface area (Å²) >= 11 is 0. The predicted molar refractivity (Wildman–Crippen MR) is 279 cm³/mol. The summed E-state index contributed by atoms with van der Waals surface area (Å²) < 4.78 is 57.6. The van der Waals surface area contributed by atoms with Crippen LogP contribution >= 0.6 is 0 Å². The van der Waals surface area contributed by atoms with E-state index in [1.807, 2.05) is 63.9 Å². The first kappa shape index (κ1) is 37.9. The maximum atomic E-state index is 9.25. The molecule has 0 saturated carbocycles. The zero-order chi connectivity index (χ0) is 51.0. The molecule has 0 unspecified atom stereocenters. The van der Waals surface area contributed by atoms with Crippen LogP contribution in [-0.2, 0) is 10.8 Å². The number of pyridine rings is 1. The SMILES string of the molecule is [2H]c1c([2H])c([2H])c(-c2cccc(-c3cc(C(C)(C)C)cc(C(C)(C)C)c3)c2-[n+]2[c-]n(-c3cccc(Oc4ccc5c6ccccc6n(-c6cc(C(CC)CC)ccn6)c5c4)c3)c3cccc(C)c32)c([2H])c1[2H]. The highest BCUT2D eigenvalue weighted by atomic mass is 16.5. The van der Waals surface area contributed by atoms with E-state index in [-0.39, 0.29) is 40.6 Å². The quantitative estimate of drug-likeness (QED) is 0.101. The zero-order valence-electron chi connectivity index (χ0n) is 45.0. The second kappa shape index (κ2) is 17.2. The highest BCUT2D eigenvalue weighted by Gasteiger charge is 2.25. The summed E-state index contributed by atoms with van der Waals surface area (Å²) in [5, 5.41) is 2.25. The molecule has 0 saturated heterocycles. The summed E-state index contributed by atoms with van der Waals surface area (Å²) in [5.41, 5.74) is 11.9. The summed E-state index contributed by atoms with van der Waals surface area (Å²) in [5.74, 6) is 2.63. The van der Waals surface area contributed by atoms with Gasteiger partial charge in [0.15, 0.2) is 0 Å². The van der Waals surface area contributed by atoms with Crippen LogP contribution in [-0.4, -0.2) is 14.1 Å². The number of ether oxygens (including phenoxy) is 1. The Hall–Kier alpha value is -7.24. The lowest BCUT2D eigenvalue weighted by Gasteiger charge is -2.27. The minimum atomic E-state index is -0.436. The van der Waals surface area contributed by atoms with Gasteiger partial charge in [-0.25, -0.2) is 4.98 Å². The Labute approximate surface area is 403 Å². The fourth-order valence-corrected chi connectivity index (χ4v) is 9.58. The molecule has 67 heavy (non-hydrogen) atoms. The molecule has 0 N–H and O–H groups in total. The summed E-state index contributed by atoms with van der Waals surface area (Å²) in [4.78, 5) is 4.91. The topological polar surface area (TPSA) is 35.9 Å². The van der Waals surface area contributed by atoms with Gasteiger partial charge in [0.1, 0.15) is 17.3 Å². The van der Waals surface area contributed by atoms with E-state index in [4.69, 9.17) is 13.8 Å². The highest BCUT2D eigenvalue weighted by Crippen LogP contribution is 2.40. The zero-order valence-corrected chi connectivity index (χ0v) is 40.0. The molecular weight excluding hydrogens is 817 g/mol. The molecule has 0 radical (unpaired) electrons. The molecule has 5 heteroatoms. The Morgan fingerprint density at radius 2 is 1.30 bits per heavy atom. The number of para-hydroxylation sites is 3. The molecule has 0 aliphatic heterocycles. The van der Waals surface area contributed by atoms with Gasteiger partial charge in [0.25, 0.3) is 6.33 Å². The van der Waals surface area contributed by atoms with Crippen LogP contribution in [0, 0.1) is 13.3 Å². The van der Waals surface area contributed by atoms with Crippen LogP contribution in [0.5, 0.6) is 11.5 Å². The molecule has 5 nitrogen and oxygen atoms in total. The number of aryl methyl sites for hydroxylation is 1. The maximum absolute atomic E-state index is 9.25. The Bertz CT molecular complexity index is 3700. The first-order valence-corrected chi connectivity index (χ1v) is 23.5. The van der Waals surface area contributed by atoms with Crippen molar-refractivity contribution in [2.24, 2.45) is 0 Å². The highest BCUT2D eigenvalue weighted by molar-refractivity contribution is 6.09. The van der Waals surface area contributed by atoms with Crippen molar-refractivity contribution in [3.8, 4) is 50.9 Å². The van der Waals surface area contributed by atoms with Crippen molar-refractivity contribution in [2.45, 2.75) is 91.9 Å². The van der Waals surface area contributed by atoms with Gasteiger partial charge in [0, 0.05) is 23.0 Å². The number of benzene rings is 7. The smallest absolute Gasteiger partial charge is 0.269 e. The molecule has 0 aliphatic rings. The monoisotopic (exact) mass is 882 g/mol. The first-order valence-electron chi connectivity index (χ1n) is 26.0. The van der Waals surface area contributed by atoms with Crippen molar-refractivity contribution in [1.82, 2.24) is 14.1 Å². The molecule has 0 fully saturated rings. The minimum Gasteiger partial charge on any atom is -0.458 e. The van der Waals surface area contributed by atoms with Crippen molar-refractivity contribution in [2.75, 3.05) is 0 Å². The normalized spacial score (nSPS) is 13.3. The van der Waals surface area contributed by atoms with Gasteiger partial charge in [-0.1, -0.05) is 164 Å². The van der Waals surface area contributed by atoms with Crippen molar-refractivity contribution < 1.29 is 16.2 Å². The average molecular weight is 882 g/mol. The summed E-state index contributed by atoms with van der Waals surface area (Å²) in [6, 6.07) is 44.0. The molecule has 334 valence electrons. The molecular formula is C62H60N4O. The van der Waals surface area contributed by atoms with Crippen molar-refractivity contribution in [3.05, 3.63) is 198 Å². The summed E-state index contributed by atoms with van der Waals surface area (Å²) in [6.45, 7) is 19.8. The van der Waals surface area contributed by atoms with E-state index < -0.39 is 6.04 Å². The summed E-state index contributed by atoms with van der Waals surface area (Å²) in [7, 11) is 0. The number of fused-ring (bicyclic) bond motifs is 4. The van der Waals surface area contributed by atoms with Crippen molar-refractivity contribution in [3.63, 3.8) is 0 Å². The lowest BCUT2D eigenvalue weighted by Crippen LogP contribution is -2.32. The number of rotatable bonds is 10. The Balaban J connectivity index is 1.16. The maximum Gasteiger partial charge on any atom is 0.269 e. The van der Waals surface area contributed by atoms with Crippen LogP contribution in [0.1, 0.15) is 103 Å². The van der Waals surface area contributed by atoms with Crippen LogP contribution < -0.4 is 9.30 Å². The number of aromatic nitrogens is 4. The molecule has 10 rings (SSSR count). The number of nitrogens with zero attached hydrogens (tertiary/aromatic N) is 4. The fraction of sp³-hybridized carbons (Fsp3) is 0.226. The Morgan fingerprint density at radius 3 is 2.03 bits per heavy atom. The molecule has 3 aromatic heterocycles. The van der Waals surface area contributed by atoms with Gasteiger partial charge in [-0.05, 0) is 130 Å². The van der Waals surface area contributed by atoms with Crippen LogP contribution in [0.3, 0.4) is 0 Å². The molecule has 0 bridgehead atoms. The van der Waals surface area contributed by atoms with Crippen molar-refractivity contribution in [1.29, 1.82) is 0 Å². The second-order valence-electron chi connectivity index (χ2n) is 19.8. The predicted octanol–water partition coefficient (Wildman–Crippen LogP) is 16.1. The largest absolute Gasteiger partial charge is 0.458 e. The van der Waals surface area contributed by atoms with E-state index in [0.717, 1.165) is 85.0 Å². The third-order valence-corrected chi connectivity index (χ3v) is 13.3. The minimum absolute atomic E-state index is 0.122. The Kier molecular flexibility index (Phi) is 9.74. The molecule has 7 aromatic carbocycles. The van der Waals surface area contributed by atoms with E-state index in [1.54, 1.807) is 0 Å². The number of imidazole rings is 1. The van der Waals surface area contributed by atoms with Gasteiger partial charge in [-0.3, -0.25) is 13.7 Å².